The highest BCUT2D eigenvalue weighted by Gasteiger charge is 2.13. The van der Waals surface area contributed by atoms with Gasteiger partial charge < -0.3 is 5.32 Å². The van der Waals surface area contributed by atoms with Crippen LogP contribution in [0.2, 0.25) is 0 Å². The van der Waals surface area contributed by atoms with Crippen LogP contribution in [-0.2, 0) is 27.5 Å². The molecule has 0 fully saturated rings. The van der Waals surface area contributed by atoms with Crippen LogP contribution in [0.5, 0.6) is 0 Å². The minimum Gasteiger partial charge on any atom is -0.323 e. The van der Waals surface area contributed by atoms with Gasteiger partial charge >= 0.3 is 8.25 Å². The van der Waals surface area contributed by atoms with Crippen molar-refractivity contribution in [1.29, 1.82) is 0 Å². The van der Waals surface area contributed by atoms with Gasteiger partial charge in [-0.05, 0) is 35.9 Å². The Kier molecular flexibility index (Phi) is 6.61. The first kappa shape index (κ1) is 20.5. The number of nitrogens with zero attached hydrogens (tertiary/aromatic N) is 2. The van der Waals surface area contributed by atoms with Crippen molar-refractivity contribution in [3.05, 3.63) is 77.7 Å². The van der Waals surface area contributed by atoms with E-state index < -0.39 is 8.25 Å². The number of carbonyl (C=O) groups is 1. The van der Waals surface area contributed by atoms with Crippen molar-refractivity contribution < 1.29 is 23.2 Å². The number of amides is 1. The third-order valence-electron chi connectivity index (χ3n) is 4.07. The van der Waals surface area contributed by atoms with E-state index in [9.17, 15) is 13.8 Å². The van der Waals surface area contributed by atoms with Gasteiger partial charge in [0.05, 0.1) is 11.9 Å². The molecule has 7 nitrogen and oxygen atoms in total. The van der Waals surface area contributed by atoms with Crippen molar-refractivity contribution in [3.63, 3.8) is 0 Å². The summed E-state index contributed by atoms with van der Waals surface area (Å²) in [6.07, 6.45) is 4.48. The topological polar surface area (TPSA) is 93.5 Å². The predicted molar refractivity (Wildman–Crippen MR) is 107 cm³/mol. The lowest BCUT2D eigenvalue weighted by Crippen LogP contribution is -2.07. The van der Waals surface area contributed by atoms with E-state index in [2.05, 4.69) is 14.9 Å². The largest absolute Gasteiger partial charge is 0.695 e. The highest BCUT2D eigenvalue weighted by molar-refractivity contribution is 7.32. The quantitative estimate of drug-likeness (QED) is 0.450. The molecule has 9 heteroatoms. The molecule has 0 saturated carbocycles. The fourth-order valence-corrected chi connectivity index (χ4v) is 2.98. The smallest absolute Gasteiger partial charge is 0.323 e. The van der Waals surface area contributed by atoms with Gasteiger partial charge in [0.1, 0.15) is 12.4 Å². The van der Waals surface area contributed by atoms with Crippen molar-refractivity contribution in [2.45, 2.75) is 6.61 Å². The molecule has 1 amide bonds. The lowest BCUT2D eigenvalue weighted by Gasteiger charge is -2.06. The lowest BCUT2D eigenvalue weighted by molar-refractivity contribution is -0.111. The summed E-state index contributed by atoms with van der Waals surface area (Å²) in [7, 11) is -0.946. The van der Waals surface area contributed by atoms with Crippen molar-refractivity contribution in [3.8, 4) is 11.3 Å². The zero-order valence-electron chi connectivity index (χ0n) is 15.4. The van der Waals surface area contributed by atoms with Gasteiger partial charge in [-0.3, -0.25) is 9.48 Å². The molecule has 2 N–H and O–H groups in total. The van der Waals surface area contributed by atoms with E-state index in [1.807, 2.05) is 0 Å². The van der Waals surface area contributed by atoms with E-state index in [4.69, 9.17) is 4.89 Å². The van der Waals surface area contributed by atoms with Crippen LogP contribution in [0.25, 0.3) is 17.3 Å². The predicted octanol–water partition coefficient (Wildman–Crippen LogP) is 4.04. The van der Waals surface area contributed by atoms with E-state index in [1.165, 1.54) is 12.1 Å². The number of carbonyl (C=O) groups excluding carboxylic acids is 1. The summed E-state index contributed by atoms with van der Waals surface area (Å²) < 4.78 is 30.9. The average Bonchev–Trinajstić information content (AvgIpc) is 3.06. The molecule has 29 heavy (non-hydrogen) atoms. The average molecular weight is 414 g/mol. The van der Waals surface area contributed by atoms with E-state index >= 15 is 0 Å². The maximum atomic E-state index is 14.1. The molecule has 0 bridgehead atoms. The Labute approximate surface area is 167 Å². The van der Waals surface area contributed by atoms with Gasteiger partial charge in [-0.15, -0.1) is 9.42 Å². The van der Waals surface area contributed by atoms with E-state index in [0.717, 1.165) is 0 Å². The second-order valence-corrected chi connectivity index (χ2v) is 6.82. The van der Waals surface area contributed by atoms with Crippen molar-refractivity contribution in [2.75, 3.05) is 5.32 Å². The summed E-state index contributed by atoms with van der Waals surface area (Å²) in [5, 5.41) is 6.86. The number of halogens is 1. The number of aromatic nitrogens is 2. The maximum absolute atomic E-state index is 14.1. The molecule has 1 atom stereocenters. The number of rotatable bonds is 7. The van der Waals surface area contributed by atoms with Crippen molar-refractivity contribution >= 4 is 25.9 Å². The molecule has 1 heterocycles. The van der Waals surface area contributed by atoms with Crippen LogP contribution in [0.3, 0.4) is 0 Å². The van der Waals surface area contributed by atoms with Crippen LogP contribution < -0.4 is 5.32 Å². The Morgan fingerprint density at radius 3 is 2.69 bits per heavy atom. The van der Waals surface area contributed by atoms with Crippen molar-refractivity contribution in [2.24, 2.45) is 7.05 Å². The standard InChI is InChI=1S/C20H17FN3O4P/c1-24-20(17-4-2-3-5-18(17)21)15(12-22-24)8-11-19(25)23-16-9-6-14(7-10-16)13-28-29(26)27/h2-12H,13H2,1H3,(H-,23,25,26,27)/p+1/b11-8+. The monoisotopic (exact) mass is 414 g/mol. The summed E-state index contributed by atoms with van der Waals surface area (Å²) in [6, 6.07) is 13.0. The SMILES string of the molecule is Cn1ncc(/C=C/C(=O)Nc2ccc(CO[P+](=O)O)cc2)c1-c1ccccc1F. The Hall–Kier alpha value is -3.19. The van der Waals surface area contributed by atoms with Gasteiger partial charge in [0.2, 0.25) is 5.91 Å². The van der Waals surface area contributed by atoms with Gasteiger partial charge in [0, 0.05) is 34.5 Å². The van der Waals surface area contributed by atoms with Gasteiger partial charge in [0.25, 0.3) is 0 Å². The second kappa shape index (κ2) is 9.34. The van der Waals surface area contributed by atoms with E-state index in [-0.39, 0.29) is 18.3 Å². The lowest BCUT2D eigenvalue weighted by atomic mass is 10.1. The molecule has 0 saturated heterocycles. The third kappa shape index (κ3) is 5.42. The van der Waals surface area contributed by atoms with E-state index in [1.54, 1.807) is 66.5 Å². The Bertz CT molecular complexity index is 1060. The molecule has 148 valence electrons. The first-order valence-corrected chi connectivity index (χ1v) is 9.71. The van der Waals surface area contributed by atoms with E-state index in [0.29, 0.717) is 28.1 Å². The van der Waals surface area contributed by atoms with Gasteiger partial charge in [-0.25, -0.2) is 4.39 Å². The van der Waals surface area contributed by atoms with Crippen LogP contribution >= 0.6 is 8.25 Å². The summed E-state index contributed by atoms with van der Waals surface area (Å²) in [5.41, 5.74) is 2.82. The minimum atomic E-state index is -2.65. The van der Waals surface area contributed by atoms with Crippen LogP contribution in [-0.4, -0.2) is 20.6 Å². The minimum absolute atomic E-state index is 0.000335. The van der Waals surface area contributed by atoms with Gasteiger partial charge in [-0.1, -0.05) is 24.3 Å². The molecule has 0 aliphatic rings. The molecule has 1 aromatic heterocycles. The highest BCUT2D eigenvalue weighted by atomic mass is 31.1. The number of hydrogen-bond acceptors (Lipinski definition) is 4. The normalized spacial score (nSPS) is 11.6. The molecule has 1 unspecified atom stereocenters. The Balaban J connectivity index is 1.69. The number of aryl methyl sites for hydroxylation is 1. The summed E-state index contributed by atoms with van der Waals surface area (Å²) in [6.45, 7) is -0.000335. The van der Waals surface area contributed by atoms with Crippen molar-refractivity contribution in [1.82, 2.24) is 9.78 Å². The molecule has 2 aromatic carbocycles. The number of hydrogen-bond donors (Lipinski definition) is 2. The van der Waals surface area contributed by atoms with Crippen LogP contribution in [0.1, 0.15) is 11.1 Å². The summed E-state index contributed by atoms with van der Waals surface area (Å²) in [5.74, 6) is -0.735. The van der Waals surface area contributed by atoms with Gasteiger partial charge in [-0.2, -0.15) is 5.10 Å². The number of benzene rings is 2. The Morgan fingerprint density at radius 1 is 1.28 bits per heavy atom. The zero-order chi connectivity index (χ0) is 20.8. The molecular formula is C20H18FN3O4P+. The summed E-state index contributed by atoms with van der Waals surface area (Å²) >= 11 is 0. The second-order valence-electron chi connectivity index (χ2n) is 6.08. The molecule has 3 aromatic rings. The molecule has 0 radical (unpaired) electrons. The zero-order valence-corrected chi connectivity index (χ0v) is 16.3. The molecule has 0 spiro atoms. The first-order valence-electron chi connectivity index (χ1n) is 8.58. The van der Waals surface area contributed by atoms with Gasteiger partial charge in [0.15, 0.2) is 0 Å². The molecule has 0 aliphatic heterocycles. The number of nitrogens with one attached hydrogen (secondary N) is 1. The van der Waals surface area contributed by atoms with Crippen LogP contribution in [0, 0.1) is 5.82 Å². The third-order valence-corrected chi connectivity index (χ3v) is 4.42. The fourth-order valence-electron chi connectivity index (χ4n) is 2.72. The molecule has 0 aliphatic carbocycles. The Morgan fingerprint density at radius 2 is 2.00 bits per heavy atom. The van der Waals surface area contributed by atoms with Crippen LogP contribution in [0.4, 0.5) is 10.1 Å². The molecular weight excluding hydrogens is 396 g/mol. The maximum Gasteiger partial charge on any atom is 0.695 e. The highest BCUT2D eigenvalue weighted by Crippen LogP contribution is 2.26. The van der Waals surface area contributed by atoms with Crippen LogP contribution in [0.15, 0.2) is 60.8 Å². The number of anilines is 1. The molecule has 3 rings (SSSR count). The first-order chi connectivity index (χ1) is 13.9. The summed E-state index contributed by atoms with van der Waals surface area (Å²) in [4.78, 5) is 20.9. The fraction of sp³-hybridized carbons (Fsp3) is 0.100.